The monoisotopic (exact) mass is 261 g/mol. The maximum atomic E-state index is 5.84. The summed E-state index contributed by atoms with van der Waals surface area (Å²) in [5, 5.41) is 0. The minimum absolute atomic E-state index is 0.641. The lowest BCUT2D eigenvalue weighted by Crippen LogP contribution is -2.24. The van der Waals surface area contributed by atoms with Crippen LogP contribution in [0.3, 0.4) is 0 Å². The topological polar surface area (TPSA) is 30.9 Å². The quantitative estimate of drug-likeness (QED) is 0.836. The average Bonchev–Trinajstić information content (AvgIpc) is 2.99. The van der Waals surface area contributed by atoms with Gasteiger partial charge in [0.1, 0.15) is 12.4 Å². The number of rotatable bonds is 3. The third-order valence-electron chi connectivity index (χ3n) is 3.73. The highest BCUT2D eigenvalue weighted by Crippen LogP contribution is 2.38. The molecule has 0 amide bonds. The second-order valence-corrected chi connectivity index (χ2v) is 4.86. The van der Waals surface area contributed by atoms with Gasteiger partial charge in [0.25, 0.3) is 0 Å². The highest BCUT2D eigenvalue weighted by molar-refractivity contribution is 5.66. The summed E-state index contributed by atoms with van der Waals surface area (Å²) in [5.41, 5.74) is 2.32. The number of ether oxygens (including phenoxy) is 3. The molecule has 1 fully saturated rings. The molecule has 1 aromatic carbocycles. The van der Waals surface area contributed by atoms with Gasteiger partial charge < -0.3 is 19.1 Å². The smallest absolute Gasteiger partial charge is 0.164 e. The van der Waals surface area contributed by atoms with Crippen LogP contribution >= 0.6 is 0 Å². The van der Waals surface area contributed by atoms with Gasteiger partial charge in [-0.05, 0) is 25.0 Å². The van der Waals surface area contributed by atoms with E-state index in [9.17, 15) is 0 Å². The largest absolute Gasteiger partial charge is 0.493 e. The van der Waals surface area contributed by atoms with Crippen molar-refractivity contribution in [2.24, 2.45) is 0 Å². The van der Waals surface area contributed by atoms with E-state index in [0.717, 1.165) is 30.2 Å². The Morgan fingerprint density at radius 2 is 1.74 bits per heavy atom. The average molecular weight is 261 g/mol. The van der Waals surface area contributed by atoms with Crippen molar-refractivity contribution in [3.05, 3.63) is 23.4 Å². The number of methoxy groups -OCH3 is 2. The van der Waals surface area contributed by atoms with Gasteiger partial charge in [0, 0.05) is 24.7 Å². The number of nitrogens with zero attached hydrogens (tertiary/aromatic N) is 1. The normalized spacial score (nSPS) is 17.6. The van der Waals surface area contributed by atoms with Crippen molar-refractivity contribution in [1.29, 1.82) is 0 Å². The van der Waals surface area contributed by atoms with E-state index in [1.807, 2.05) is 12.1 Å². The molecule has 0 spiro atoms. The Kier molecular flexibility index (Phi) is 3.23. The molecule has 19 heavy (non-hydrogen) atoms. The van der Waals surface area contributed by atoms with Crippen molar-refractivity contribution in [2.75, 3.05) is 33.9 Å². The Morgan fingerprint density at radius 3 is 2.42 bits per heavy atom. The Morgan fingerprint density at radius 1 is 1.05 bits per heavy atom. The van der Waals surface area contributed by atoms with Crippen molar-refractivity contribution in [3.63, 3.8) is 0 Å². The maximum absolute atomic E-state index is 5.84. The van der Waals surface area contributed by atoms with E-state index in [0.29, 0.717) is 12.4 Å². The molecule has 0 unspecified atom stereocenters. The molecule has 0 N–H and O–H groups in total. The Balaban J connectivity index is 1.95. The summed E-state index contributed by atoms with van der Waals surface area (Å²) in [6.07, 6.45) is 4.75. The van der Waals surface area contributed by atoms with Gasteiger partial charge in [-0.25, -0.2) is 0 Å². The summed E-state index contributed by atoms with van der Waals surface area (Å²) in [6.45, 7) is 2.91. The predicted octanol–water partition coefficient (Wildman–Crippen LogP) is 2.53. The van der Waals surface area contributed by atoms with Gasteiger partial charge in [-0.1, -0.05) is 0 Å². The zero-order chi connectivity index (χ0) is 13.2. The summed E-state index contributed by atoms with van der Waals surface area (Å²) in [7, 11) is 3.29. The minimum Gasteiger partial charge on any atom is -0.493 e. The molecule has 1 aromatic rings. The Labute approximate surface area is 113 Å². The van der Waals surface area contributed by atoms with Crippen molar-refractivity contribution >= 4 is 6.08 Å². The number of hydrogen-bond donors (Lipinski definition) is 0. The molecule has 4 heteroatoms. The summed E-state index contributed by atoms with van der Waals surface area (Å²) >= 11 is 0. The summed E-state index contributed by atoms with van der Waals surface area (Å²) in [4.78, 5) is 2.40. The van der Waals surface area contributed by atoms with Crippen LogP contribution in [0.2, 0.25) is 0 Å². The van der Waals surface area contributed by atoms with E-state index in [-0.39, 0.29) is 0 Å². The van der Waals surface area contributed by atoms with Gasteiger partial charge in [-0.2, -0.15) is 0 Å². The molecular formula is C15H19NO3. The molecule has 0 atom stereocenters. The molecule has 1 saturated heterocycles. The number of benzene rings is 1. The molecule has 4 nitrogen and oxygen atoms in total. The van der Waals surface area contributed by atoms with Crippen LogP contribution in [0, 0.1) is 0 Å². The Bertz CT molecular complexity index is 504. The standard InChI is InChI=1S/C15H19NO3/c1-17-14-8-11-7-12(16-5-3-4-6-16)10-19-13(11)9-15(14)18-2/h7-9H,3-6,10H2,1-2H3. The molecule has 0 saturated carbocycles. The third-order valence-corrected chi connectivity index (χ3v) is 3.73. The third kappa shape index (κ3) is 2.23. The van der Waals surface area contributed by atoms with E-state index in [4.69, 9.17) is 14.2 Å². The zero-order valence-electron chi connectivity index (χ0n) is 11.4. The molecule has 2 aliphatic rings. The first-order valence-corrected chi connectivity index (χ1v) is 6.66. The lowest BCUT2D eigenvalue weighted by molar-refractivity contribution is 0.284. The first-order valence-electron chi connectivity index (χ1n) is 6.66. The molecule has 0 aromatic heterocycles. The van der Waals surface area contributed by atoms with Gasteiger partial charge >= 0.3 is 0 Å². The second kappa shape index (κ2) is 5.03. The summed E-state index contributed by atoms with van der Waals surface area (Å²) < 4.78 is 16.5. The fourth-order valence-electron chi connectivity index (χ4n) is 2.67. The fraction of sp³-hybridized carbons (Fsp3) is 0.467. The fourth-order valence-corrected chi connectivity index (χ4v) is 2.67. The molecule has 3 rings (SSSR count). The van der Waals surface area contributed by atoms with Gasteiger partial charge in [0.15, 0.2) is 11.5 Å². The SMILES string of the molecule is COc1cc2c(cc1OC)OCC(N1CCCC1)=C2. The van der Waals surface area contributed by atoms with Crippen molar-refractivity contribution in [1.82, 2.24) is 4.90 Å². The molecule has 2 heterocycles. The lowest BCUT2D eigenvalue weighted by Gasteiger charge is -2.26. The zero-order valence-corrected chi connectivity index (χ0v) is 11.4. The highest BCUT2D eigenvalue weighted by atomic mass is 16.5. The number of hydrogen-bond acceptors (Lipinski definition) is 4. The van der Waals surface area contributed by atoms with Gasteiger partial charge in [-0.15, -0.1) is 0 Å². The van der Waals surface area contributed by atoms with Crippen LogP contribution in [0.5, 0.6) is 17.2 Å². The van der Waals surface area contributed by atoms with Gasteiger partial charge in [-0.3, -0.25) is 0 Å². The molecule has 102 valence electrons. The first-order chi connectivity index (χ1) is 9.31. The van der Waals surface area contributed by atoms with Crippen LogP contribution in [-0.2, 0) is 0 Å². The molecule has 0 radical (unpaired) electrons. The van der Waals surface area contributed by atoms with Crippen LogP contribution in [-0.4, -0.2) is 38.8 Å². The van der Waals surface area contributed by atoms with E-state index < -0.39 is 0 Å². The van der Waals surface area contributed by atoms with Crippen LogP contribution in [0.15, 0.2) is 17.8 Å². The van der Waals surface area contributed by atoms with Crippen LogP contribution in [0.25, 0.3) is 6.08 Å². The van der Waals surface area contributed by atoms with E-state index in [1.165, 1.54) is 18.5 Å². The molecule has 0 aliphatic carbocycles. The lowest BCUT2D eigenvalue weighted by atomic mass is 10.1. The van der Waals surface area contributed by atoms with Gasteiger partial charge in [0.2, 0.25) is 0 Å². The Hall–Kier alpha value is -1.84. The van der Waals surface area contributed by atoms with Crippen molar-refractivity contribution in [2.45, 2.75) is 12.8 Å². The van der Waals surface area contributed by atoms with Crippen LogP contribution < -0.4 is 14.2 Å². The van der Waals surface area contributed by atoms with Crippen molar-refractivity contribution < 1.29 is 14.2 Å². The van der Waals surface area contributed by atoms with Crippen LogP contribution in [0.1, 0.15) is 18.4 Å². The molecular weight excluding hydrogens is 242 g/mol. The number of likely N-dealkylation sites (tertiary alicyclic amines) is 1. The minimum atomic E-state index is 0.641. The van der Waals surface area contributed by atoms with Crippen molar-refractivity contribution in [3.8, 4) is 17.2 Å². The van der Waals surface area contributed by atoms with Gasteiger partial charge in [0.05, 0.1) is 19.9 Å². The highest BCUT2D eigenvalue weighted by Gasteiger charge is 2.21. The second-order valence-electron chi connectivity index (χ2n) is 4.86. The summed E-state index contributed by atoms with van der Waals surface area (Å²) in [5.74, 6) is 2.31. The molecule has 0 bridgehead atoms. The predicted molar refractivity (Wildman–Crippen MR) is 73.8 cm³/mol. The maximum Gasteiger partial charge on any atom is 0.164 e. The first kappa shape index (κ1) is 12.2. The summed E-state index contributed by atoms with van der Waals surface area (Å²) in [6, 6.07) is 3.87. The van der Waals surface area contributed by atoms with E-state index in [1.54, 1.807) is 14.2 Å². The van der Waals surface area contributed by atoms with E-state index in [2.05, 4.69) is 11.0 Å². The van der Waals surface area contributed by atoms with Crippen LogP contribution in [0.4, 0.5) is 0 Å². The number of fused-ring (bicyclic) bond motifs is 1. The molecule has 2 aliphatic heterocycles. The van der Waals surface area contributed by atoms with E-state index >= 15 is 0 Å².